The molecule has 4 rings (SSSR count). The Kier molecular flexibility index (Phi) is 6.48. The molecule has 0 bridgehead atoms. The summed E-state index contributed by atoms with van der Waals surface area (Å²) in [5.74, 6) is 0.0901. The summed E-state index contributed by atoms with van der Waals surface area (Å²) in [7, 11) is -3.53. The topological polar surface area (TPSA) is 75.5 Å². The minimum absolute atomic E-state index is 0.0901. The summed E-state index contributed by atoms with van der Waals surface area (Å²) in [6.45, 7) is 6.89. The summed E-state index contributed by atoms with van der Waals surface area (Å²) >= 11 is 0. The third kappa shape index (κ3) is 4.55. The van der Waals surface area contributed by atoms with Gasteiger partial charge in [0.2, 0.25) is 10.0 Å². The van der Waals surface area contributed by atoms with Crippen LogP contribution in [0.4, 0.5) is 0 Å². The average Bonchev–Trinajstić information content (AvgIpc) is 3.08. The van der Waals surface area contributed by atoms with Gasteiger partial charge in [0.05, 0.1) is 17.9 Å². The molecule has 2 saturated heterocycles. The lowest BCUT2D eigenvalue weighted by Crippen LogP contribution is -2.36. The van der Waals surface area contributed by atoms with E-state index >= 15 is 0 Å². The van der Waals surface area contributed by atoms with Crippen molar-refractivity contribution in [2.24, 2.45) is 0 Å². The summed E-state index contributed by atoms with van der Waals surface area (Å²) in [6, 6.07) is 7.60. The van der Waals surface area contributed by atoms with E-state index in [1.165, 1.54) is 6.42 Å². The monoisotopic (exact) mass is 444 g/mol. The van der Waals surface area contributed by atoms with Crippen molar-refractivity contribution in [3.8, 4) is 0 Å². The molecule has 2 fully saturated rings. The van der Waals surface area contributed by atoms with E-state index in [4.69, 9.17) is 0 Å². The van der Waals surface area contributed by atoms with E-state index in [1.54, 1.807) is 15.9 Å². The third-order valence-corrected chi connectivity index (χ3v) is 8.56. The minimum atomic E-state index is -3.53. The van der Waals surface area contributed by atoms with Gasteiger partial charge in [0.25, 0.3) is 5.91 Å². The number of rotatable bonds is 5. The number of amides is 1. The highest BCUT2D eigenvalue weighted by molar-refractivity contribution is 7.89. The van der Waals surface area contributed by atoms with Crippen LogP contribution in [0, 0.1) is 13.8 Å². The predicted octanol–water partition coefficient (Wildman–Crippen LogP) is 3.35. The highest BCUT2D eigenvalue weighted by Gasteiger charge is 2.31. The van der Waals surface area contributed by atoms with Crippen molar-refractivity contribution in [2.75, 3.05) is 26.2 Å². The van der Waals surface area contributed by atoms with Gasteiger partial charge in [-0.15, -0.1) is 0 Å². The zero-order valence-electron chi connectivity index (χ0n) is 18.5. The highest BCUT2D eigenvalue weighted by atomic mass is 32.2. The van der Waals surface area contributed by atoms with Crippen molar-refractivity contribution in [3.63, 3.8) is 0 Å². The second kappa shape index (κ2) is 9.12. The van der Waals surface area contributed by atoms with E-state index in [-0.39, 0.29) is 5.91 Å². The van der Waals surface area contributed by atoms with E-state index in [1.807, 2.05) is 36.1 Å². The molecule has 0 spiro atoms. The van der Waals surface area contributed by atoms with Crippen molar-refractivity contribution in [2.45, 2.75) is 63.8 Å². The van der Waals surface area contributed by atoms with Crippen molar-refractivity contribution in [3.05, 3.63) is 46.8 Å². The lowest BCUT2D eigenvalue weighted by atomic mass is 10.1. The maximum atomic E-state index is 13.2. The van der Waals surface area contributed by atoms with Gasteiger partial charge in [0, 0.05) is 31.7 Å². The molecule has 0 unspecified atom stereocenters. The van der Waals surface area contributed by atoms with Crippen LogP contribution in [0.1, 0.15) is 65.8 Å². The number of sulfonamides is 1. The van der Waals surface area contributed by atoms with E-state index < -0.39 is 10.0 Å². The Balaban J connectivity index is 1.51. The molecule has 1 aromatic heterocycles. The molecular weight excluding hydrogens is 412 g/mol. The molecule has 2 aliphatic heterocycles. The standard InChI is InChI=1S/C23H32N4O3S/c1-18-22(31(29,30)26-15-7-4-8-16-26)19(2)27(24-18)17-20-9-11-21(12-10-20)23(28)25-13-5-3-6-14-25/h9-12H,3-8,13-17H2,1-2H3. The van der Waals surface area contributed by atoms with Crippen LogP contribution in [0.25, 0.3) is 0 Å². The molecule has 2 aromatic rings. The molecule has 2 aliphatic rings. The van der Waals surface area contributed by atoms with Crippen LogP contribution in [0.3, 0.4) is 0 Å². The Bertz CT molecular complexity index is 1030. The molecule has 0 N–H and O–H groups in total. The summed E-state index contributed by atoms with van der Waals surface area (Å²) in [5.41, 5.74) is 2.90. The number of hydrogen-bond donors (Lipinski definition) is 0. The molecule has 31 heavy (non-hydrogen) atoms. The van der Waals surface area contributed by atoms with Gasteiger partial charge in [0.1, 0.15) is 4.90 Å². The van der Waals surface area contributed by atoms with Crippen LogP contribution in [0.5, 0.6) is 0 Å². The maximum Gasteiger partial charge on any atom is 0.253 e. The van der Waals surface area contributed by atoms with Crippen LogP contribution >= 0.6 is 0 Å². The molecule has 0 saturated carbocycles. The Labute approximate surface area is 185 Å². The Morgan fingerprint density at radius 3 is 2.10 bits per heavy atom. The normalized spacial score (nSPS) is 18.3. The van der Waals surface area contributed by atoms with E-state index in [0.29, 0.717) is 41.5 Å². The first-order valence-corrected chi connectivity index (χ1v) is 12.7. The molecule has 8 heteroatoms. The molecule has 1 aromatic carbocycles. The SMILES string of the molecule is Cc1nn(Cc2ccc(C(=O)N3CCCCC3)cc2)c(C)c1S(=O)(=O)N1CCCCC1. The number of carbonyl (C=O) groups excluding carboxylic acids is 1. The summed E-state index contributed by atoms with van der Waals surface area (Å²) in [4.78, 5) is 14.9. The van der Waals surface area contributed by atoms with E-state index in [9.17, 15) is 13.2 Å². The predicted molar refractivity (Wildman–Crippen MR) is 120 cm³/mol. The van der Waals surface area contributed by atoms with Crippen molar-refractivity contribution >= 4 is 15.9 Å². The van der Waals surface area contributed by atoms with Crippen molar-refractivity contribution < 1.29 is 13.2 Å². The molecule has 168 valence electrons. The molecule has 0 atom stereocenters. The molecule has 0 radical (unpaired) electrons. The number of aromatic nitrogens is 2. The second-order valence-corrected chi connectivity index (χ2v) is 10.5. The first-order chi connectivity index (χ1) is 14.9. The van der Waals surface area contributed by atoms with Crippen molar-refractivity contribution in [1.82, 2.24) is 19.0 Å². The lowest BCUT2D eigenvalue weighted by Gasteiger charge is -2.26. The lowest BCUT2D eigenvalue weighted by molar-refractivity contribution is 0.0724. The van der Waals surface area contributed by atoms with Crippen LogP contribution in [0.2, 0.25) is 0 Å². The van der Waals surface area contributed by atoms with Gasteiger partial charge < -0.3 is 4.90 Å². The van der Waals surface area contributed by atoms with Gasteiger partial charge in [-0.3, -0.25) is 9.48 Å². The Morgan fingerprint density at radius 2 is 1.48 bits per heavy atom. The van der Waals surface area contributed by atoms with Gasteiger partial charge in [-0.05, 0) is 63.6 Å². The quantitative estimate of drug-likeness (QED) is 0.709. The number of likely N-dealkylation sites (tertiary alicyclic amines) is 1. The van der Waals surface area contributed by atoms with Crippen LogP contribution in [-0.4, -0.2) is 59.5 Å². The van der Waals surface area contributed by atoms with Crippen LogP contribution in [-0.2, 0) is 16.6 Å². The zero-order valence-corrected chi connectivity index (χ0v) is 19.3. The number of aryl methyl sites for hydroxylation is 1. The molecule has 1 amide bonds. The van der Waals surface area contributed by atoms with Gasteiger partial charge >= 0.3 is 0 Å². The van der Waals surface area contributed by atoms with Gasteiger partial charge in [-0.25, -0.2) is 8.42 Å². The number of carbonyl (C=O) groups is 1. The fraction of sp³-hybridized carbons (Fsp3) is 0.565. The summed E-state index contributed by atoms with van der Waals surface area (Å²) < 4.78 is 29.7. The highest BCUT2D eigenvalue weighted by Crippen LogP contribution is 2.26. The van der Waals surface area contributed by atoms with Gasteiger partial charge in [0.15, 0.2) is 0 Å². The Morgan fingerprint density at radius 1 is 0.903 bits per heavy atom. The van der Waals surface area contributed by atoms with E-state index in [0.717, 1.165) is 50.8 Å². The van der Waals surface area contributed by atoms with Gasteiger partial charge in [-0.1, -0.05) is 18.6 Å². The molecule has 0 aliphatic carbocycles. The molecule has 3 heterocycles. The van der Waals surface area contributed by atoms with Gasteiger partial charge in [-0.2, -0.15) is 9.40 Å². The summed E-state index contributed by atoms with van der Waals surface area (Å²) in [5, 5.41) is 4.53. The molecule has 7 nitrogen and oxygen atoms in total. The number of nitrogens with zero attached hydrogens (tertiary/aromatic N) is 4. The fourth-order valence-electron chi connectivity index (χ4n) is 4.65. The maximum absolute atomic E-state index is 13.2. The van der Waals surface area contributed by atoms with Crippen LogP contribution < -0.4 is 0 Å². The smallest absolute Gasteiger partial charge is 0.253 e. The average molecular weight is 445 g/mol. The number of benzene rings is 1. The first kappa shape index (κ1) is 22.0. The fourth-order valence-corrected chi connectivity index (χ4v) is 6.54. The van der Waals surface area contributed by atoms with Crippen molar-refractivity contribution in [1.29, 1.82) is 0 Å². The minimum Gasteiger partial charge on any atom is -0.339 e. The number of piperidine rings is 2. The van der Waals surface area contributed by atoms with E-state index in [2.05, 4.69) is 5.10 Å². The second-order valence-electron chi connectivity index (χ2n) is 8.67. The first-order valence-electron chi connectivity index (χ1n) is 11.3. The van der Waals surface area contributed by atoms with Crippen LogP contribution in [0.15, 0.2) is 29.2 Å². The third-order valence-electron chi connectivity index (χ3n) is 6.40. The summed E-state index contributed by atoms with van der Waals surface area (Å²) in [6.07, 6.45) is 6.25. The largest absolute Gasteiger partial charge is 0.339 e. The zero-order chi connectivity index (χ0) is 22.0. The Hall–Kier alpha value is -2.19. The molecular formula is C23H32N4O3S. The number of hydrogen-bond acceptors (Lipinski definition) is 4.